The molecule has 0 unspecified atom stereocenters. The Bertz CT molecular complexity index is 18.4. The van der Waals surface area contributed by atoms with Crippen molar-refractivity contribution in [1.29, 1.82) is 0 Å². The molecule has 0 aliphatic carbocycles. The van der Waals surface area contributed by atoms with E-state index in [0.29, 0.717) is 0 Å². The number of hydrogen-bond donors (Lipinski definition) is 0. The SMILES string of the molecule is [Fe+2].[Mn+2].[Nb+5].[O-2].[O-2].[O-2].[O-2].[O-2].[O-2].[O-2].[Ta+5]. The van der Waals surface area contributed by atoms with Gasteiger partial charge in [0.25, 0.3) is 0 Å². The first-order valence-corrected chi connectivity index (χ1v) is 0. The first-order valence-electron chi connectivity index (χ1n) is 0. The van der Waals surface area contributed by atoms with Crippen molar-refractivity contribution in [3.63, 3.8) is 0 Å². The maximum Gasteiger partial charge on any atom is 5.00 e. The molecule has 0 bridgehead atoms. The topological polar surface area (TPSA) is 200 Å². The van der Waals surface area contributed by atoms with Crippen molar-refractivity contribution in [2.45, 2.75) is 0 Å². The standard InChI is InChI=1S/Fe.Mn.Nb.7O.Ta/q2*+2;+5;7*-2;+5. The van der Waals surface area contributed by atoms with Gasteiger partial charge in [-0.2, -0.15) is 0 Å². The summed E-state index contributed by atoms with van der Waals surface area (Å²) in [6.07, 6.45) is 0. The first-order chi connectivity index (χ1) is 0. The number of rotatable bonds is 0. The van der Waals surface area contributed by atoms with Crippen LogP contribution in [0, 0.1) is 0 Å². The maximum absolute atomic E-state index is 0. The molecule has 7 nitrogen and oxygen atoms in total. The molecular formula is FeMnNbO7Ta. The molecule has 0 heterocycles. The van der Waals surface area contributed by atoms with Crippen LogP contribution in [-0.2, 0) is 117 Å². The zero-order valence-corrected chi connectivity index (χ0v) is 12.2. The molecule has 0 aliphatic rings. The Hall–Kier alpha value is 2.24. The van der Waals surface area contributed by atoms with Crippen LogP contribution in [-0.4, -0.2) is 0 Å². The van der Waals surface area contributed by atoms with Crippen molar-refractivity contribution in [2.75, 3.05) is 0 Å². The monoisotopic (exact) mass is 497 g/mol. The second kappa shape index (κ2) is 308. The van der Waals surface area contributed by atoms with E-state index in [1.54, 1.807) is 0 Å². The molecule has 1 radical (unpaired) electrons. The van der Waals surface area contributed by atoms with Crippen molar-refractivity contribution in [2.24, 2.45) is 0 Å². The van der Waals surface area contributed by atoms with E-state index in [-0.39, 0.29) is 117 Å². The number of hydrogen-bond acceptors (Lipinski definition) is 0. The van der Waals surface area contributed by atoms with Crippen molar-refractivity contribution in [3.8, 4) is 0 Å². The van der Waals surface area contributed by atoms with Crippen LogP contribution in [0.15, 0.2) is 0 Å². The molecule has 0 aromatic rings. The van der Waals surface area contributed by atoms with Crippen molar-refractivity contribution >= 4 is 0 Å². The summed E-state index contributed by atoms with van der Waals surface area (Å²) in [6.45, 7) is 0. The summed E-state index contributed by atoms with van der Waals surface area (Å²) in [6, 6.07) is 0. The van der Waals surface area contributed by atoms with Gasteiger partial charge in [0.05, 0.1) is 0 Å². The average molecular weight is 497 g/mol. The van der Waals surface area contributed by atoms with Gasteiger partial charge in [-0.3, -0.25) is 0 Å². The molecule has 0 spiro atoms. The zero-order valence-electron chi connectivity index (χ0n) is 4.48. The third kappa shape index (κ3) is 256. The quantitative estimate of drug-likeness (QED) is 0.377. The van der Waals surface area contributed by atoms with Crippen LogP contribution >= 0.6 is 0 Å². The Morgan fingerprint density at radius 3 is 0.455 bits per heavy atom. The van der Waals surface area contributed by atoms with Crippen LogP contribution in [0.25, 0.3) is 0 Å². The minimum absolute atomic E-state index is 0. The fraction of sp³-hybridized carbons (Fsp3) is 0. The summed E-state index contributed by atoms with van der Waals surface area (Å²) in [7, 11) is 0. The summed E-state index contributed by atoms with van der Waals surface area (Å²) in [5.74, 6) is 0. The molecule has 11 heteroatoms. The third-order valence-electron chi connectivity index (χ3n) is 0. The summed E-state index contributed by atoms with van der Waals surface area (Å²) in [5, 5.41) is 0. The van der Waals surface area contributed by atoms with Crippen LogP contribution in [0.2, 0.25) is 0 Å². The molecule has 0 aliphatic heterocycles. The maximum atomic E-state index is 0. The second-order valence-electron chi connectivity index (χ2n) is 0. The Balaban J connectivity index is 0. The van der Waals surface area contributed by atoms with E-state index < -0.39 is 0 Å². The fourth-order valence-corrected chi connectivity index (χ4v) is 0. The molecule has 0 aromatic carbocycles. The third-order valence-corrected chi connectivity index (χ3v) is 0. The predicted octanol–water partition coefficient (Wildman–Crippen LogP) is -0.842. The van der Waals surface area contributed by atoms with Crippen LogP contribution < -0.4 is 0 Å². The molecule has 11 heavy (non-hydrogen) atoms. The minimum Gasteiger partial charge on any atom is -2.00 e. The van der Waals surface area contributed by atoms with E-state index in [0.717, 1.165) is 0 Å². The molecular weight excluding hydrogens is 497 g/mol. The van der Waals surface area contributed by atoms with Crippen LogP contribution in [0.1, 0.15) is 0 Å². The molecule has 67 valence electrons. The molecule has 0 N–H and O–H groups in total. The van der Waals surface area contributed by atoms with E-state index in [2.05, 4.69) is 0 Å². The smallest absolute Gasteiger partial charge is 2.00 e. The van der Waals surface area contributed by atoms with Gasteiger partial charge < -0.3 is 38.3 Å². The van der Waals surface area contributed by atoms with Gasteiger partial charge in [0, 0.05) is 0 Å². The van der Waals surface area contributed by atoms with Crippen LogP contribution in [0.3, 0.4) is 0 Å². The van der Waals surface area contributed by atoms with Crippen molar-refractivity contribution < 1.29 is 117 Å². The summed E-state index contributed by atoms with van der Waals surface area (Å²) in [5.41, 5.74) is 0. The van der Waals surface area contributed by atoms with Crippen molar-refractivity contribution in [1.82, 2.24) is 0 Å². The zero-order chi connectivity index (χ0) is 0. The van der Waals surface area contributed by atoms with E-state index in [1.165, 1.54) is 0 Å². The Kier molecular flexibility index (Phi) is 11100. The van der Waals surface area contributed by atoms with E-state index in [4.69, 9.17) is 0 Å². The van der Waals surface area contributed by atoms with Gasteiger partial charge in [-0.05, 0) is 0 Å². The summed E-state index contributed by atoms with van der Waals surface area (Å²) >= 11 is 0. The minimum atomic E-state index is 0. The molecule has 0 aromatic heterocycles. The Labute approximate surface area is 116 Å². The normalized spacial score (nSPS) is 0. The summed E-state index contributed by atoms with van der Waals surface area (Å²) in [4.78, 5) is 0. The van der Waals surface area contributed by atoms with Gasteiger partial charge in [0.1, 0.15) is 0 Å². The molecule has 0 fully saturated rings. The van der Waals surface area contributed by atoms with Gasteiger partial charge in [0.15, 0.2) is 0 Å². The average Bonchev–Trinajstić information content (AvgIpc) is 0. The molecule has 0 saturated heterocycles. The van der Waals surface area contributed by atoms with Crippen LogP contribution in [0.5, 0.6) is 0 Å². The van der Waals surface area contributed by atoms with Crippen molar-refractivity contribution in [3.05, 3.63) is 0 Å². The van der Waals surface area contributed by atoms with E-state index in [9.17, 15) is 0 Å². The van der Waals surface area contributed by atoms with Gasteiger partial charge in [0.2, 0.25) is 0 Å². The largest absolute Gasteiger partial charge is 5.00 e. The van der Waals surface area contributed by atoms with E-state index >= 15 is 0 Å². The second-order valence-corrected chi connectivity index (χ2v) is 0. The first kappa shape index (κ1) is 395. The molecule has 0 rings (SSSR count). The Morgan fingerprint density at radius 1 is 0.455 bits per heavy atom. The summed E-state index contributed by atoms with van der Waals surface area (Å²) < 4.78 is 0. The molecule has 0 atom stereocenters. The van der Waals surface area contributed by atoms with Crippen LogP contribution in [0.4, 0.5) is 0 Å². The molecule has 0 amide bonds. The van der Waals surface area contributed by atoms with Gasteiger partial charge in [-0.1, -0.05) is 0 Å². The van der Waals surface area contributed by atoms with Gasteiger partial charge in [-0.15, -0.1) is 0 Å². The predicted molar refractivity (Wildman–Crippen MR) is 4.81 cm³/mol. The van der Waals surface area contributed by atoms with E-state index in [1.807, 2.05) is 0 Å². The molecule has 0 saturated carbocycles. The van der Waals surface area contributed by atoms with Gasteiger partial charge in [-0.25, -0.2) is 0 Å². The fourth-order valence-electron chi connectivity index (χ4n) is 0. The van der Waals surface area contributed by atoms with Gasteiger partial charge >= 0.3 is 78.9 Å². The Morgan fingerprint density at radius 2 is 0.455 bits per heavy atom.